The Balaban J connectivity index is 1.67. The van der Waals surface area contributed by atoms with E-state index in [1.807, 2.05) is 10.9 Å². The van der Waals surface area contributed by atoms with Crippen LogP contribution in [0.4, 0.5) is 0 Å². The Morgan fingerprint density at radius 1 is 1.42 bits per heavy atom. The molecule has 0 saturated carbocycles. The number of nitrogens with one attached hydrogen (secondary N) is 1. The van der Waals surface area contributed by atoms with Crippen molar-refractivity contribution in [1.29, 1.82) is 0 Å². The highest BCUT2D eigenvalue weighted by molar-refractivity contribution is 9.10. The van der Waals surface area contributed by atoms with Gasteiger partial charge in [0.25, 0.3) is 5.91 Å². The molecule has 3 heterocycles. The third kappa shape index (κ3) is 2.33. The third-order valence-electron chi connectivity index (χ3n) is 3.09. The normalized spacial score (nSPS) is 15.3. The average molecular weight is 323 g/mol. The molecule has 2 aromatic heterocycles. The van der Waals surface area contributed by atoms with Crippen LogP contribution in [0.3, 0.4) is 0 Å². The zero-order valence-corrected chi connectivity index (χ0v) is 11.5. The molecule has 1 amide bonds. The van der Waals surface area contributed by atoms with Crippen molar-refractivity contribution in [2.45, 2.75) is 6.04 Å². The Morgan fingerprint density at radius 2 is 2.21 bits per heavy atom. The molecule has 1 aliphatic rings. The summed E-state index contributed by atoms with van der Waals surface area (Å²) in [7, 11) is 0. The smallest absolute Gasteiger partial charge is 0.270 e. The van der Waals surface area contributed by atoms with Gasteiger partial charge in [0.05, 0.1) is 16.7 Å². The van der Waals surface area contributed by atoms with E-state index in [0.29, 0.717) is 18.8 Å². The van der Waals surface area contributed by atoms with Crippen molar-refractivity contribution in [3.8, 4) is 0 Å². The van der Waals surface area contributed by atoms with Crippen LogP contribution in [0.15, 0.2) is 39.9 Å². The predicted molar refractivity (Wildman–Crippen MR) is 71.9 cm³/mol. The minimum Gasteiger partial charge on any atom is -0.333 e. The van der Waals surface area contributed by atoms with E-state index < -0.39 is 0 Å². The average Bonchev–Trinajstić information content (AvgIpc) is 2.73. The number of halogens is 1. The van der Waals surface area contributed by atoms with E-state index in [-0.39, 0.29) is 17.5 Å². The second kappa shape index (κ2) is 4.65. The van der Waals surface area contributed by atoms with E-state index in [2.05, 4.69) is 26.0 Å². The summed E-state index contributed by atoms with van der Waals surface area (Å²) >= 11 is 3.34. The summed E-state index contributed by atoms with van der Waals surface area (Å²) < 4.78 is 2.76. The molecule has 98 valence electrons. The number of pyridine rings is 1. The maximum atomic E-state index is 12.1. The number of hydrogen-bond acceptors (Lipinski definition) is 3. The molecule has 3 rings (SSSR count). The van der Waals surface area contributed by atoms with Gasteiger partial charge in [0.15, 0.2) is 0 Å². The fourth-order valence-corrected chi connectivity index (χ4v) is 2.35. The molecular formula is C12H11BrN4O2. The summed E-state index contributed by atoms with van der Waals surface area (Å²) in [6, 6.07) is 4.78. The number of hydrogen-bond donors (Lipinski definition) is 1. The molecule has 6 nitrogen and oxygen atoms in total. The Hall–Kier alpha value is -1.89. The second-order valence-corrected chi connectivity index (χ2v) is 5.35. The van der Waals surface area contributed by atoms with Gasteiger partial charge in [-0.25, -0.2) is 0 Å². The SMILES string of the molecule is O=C(c1cccc(=O)[nH]1)N1CC(n2cc(Br)cn2)C1. The van der Waals surface area contributed by atoms with Gasteiger partial charge in [-0.1, -0.05) is 6.07 Å². The van der Waals surface area contributed by atoms with Gasteiger partial charge in [0.2, 0.25) is 5.56 Å². The first-order valence-electron chi connectivity index (χ1n) is 5.82. The van der Waals surface area contributed by atoms with E-state index in [1.54, 1.807) is 23.2 Å². The number of nitrogens with zero attached hydrogens (tertiary/aromatic N) is 3. The topological polar surface area (TPSA) is 71.0 Å². The first kappa shape index (κ1) is 12.2. The van der Waals surface area contributed by atoms with Gasteiger partial charge in [-0.15, -0.1) is 0 Å². The van der Waals surface area contributed by atoms with Crippen LogP contribution in [0.25, 0.3) is 0 Å². The summed E-state index contributed by atoms with van der Waals surface area (Å²) in [5.74, 6) is -0.153. The molecule has 19 heavy (non-hydrogen) atoms. The molecule has 0 aromatic carbocycles. The summed E-state index contributed by atoms with van der Waals surface area (Å²) in [6.45, 7) is 1.20. The first-order valence-corrected chi connectivity index (χ1v) is 6.61. The molecule has 1 saturated heterocycles. The third-order valence-corrected chi connectivity index (χ3v) is 3.50. The van der Waals surface area contributed by atoms with Crippen molar-refractivity contribution in [1.82, 2.24) is 19.7 Å². The van der Waals surface area contributed by atoms with Crippen molar-refractivity contribution in [2.75, 3.05) is 13.1 Å². The lowest BCUT2D eigenvalue weighted by molar-refractivity contribution is 0.0495. The van der Waals surface area contributed by atoms with Gasteiger partial charge in [-0.3, -0.25) is 14.3 Å². The van der Waals surface area contributed by atoms with Crippen molar-refractivity contribution in [3.63, 3.8) is 0 Å². The molecule has 1 aliphatic heterocycles. The number of carbonyl (C=O) groups is 1. The van der Waals surface area contributed by atoms with Gasteiger partial charge in [-0.2, -0.15) is 5.10 Å². The molecular weight excluding hydrogens is 312 g/mol. The van der Waals surface area contributed by atoms with Crippen LogP contribution in [0.5, 0.6) is 0 Å². The molecule has 0 unspecified atom stereocenters. The second-order valence-electron chi connectivity index (χ2n) is 4.43. The molecule has 1 fully saturated rings. The van der Waals surface area contributed by atoms with Crippen LogP contribution in [-0.4, -0.2) is 38.7 Å². The fraction of sp³-hybridized carbons (Fsp3) is 0.250. The van der Waals surface area contributed by atoms with Gasteiger partial charge in [0.1, 0.15) is 5.69 Å². The van der Waals surface area contributed by atoms with Gasteiger partial charge in [-0.05, 0) is 22.0 Å². The summed E-state index contributed by atoms with van der Waals surface area (Å²) in [5, 5.41) is 4.19. The first-order chi connectivity index (χ1) is 9.13. The quantitative estimate of drug-likeness (QED) is 0.897. The van der Waals surface area contributed by atoms with Crippen molar-refractivity contribution in [2.24, 2.45) is 0 Å². The maximum absolute atomic E-state index is 12.1. The van der Waals surface area contributed by atoms with E-state index in [9.17, 15) is 9.59 Å². The molecule has 0 bridgehead atoms. The van der Waals surface area contributed by atoms with Crippen LogP contribution >= 0.6 is 15.9 Å². The lowest BCUT2D eigenvalue weighted by Gasteiger charge is -2.39. The largest absolute Gasteiger partial charge is 0.333 e. The highest BCUT2D eigenvalue weighted by Crippen LogP contribution is 2.23. The molecule has 0 aliphatic carbocycles. The summed E-state index contributed by atoms with van der Waals surface area (Å²) in [6.07, 6.45) is 3.61. The lowest BCUT2D eigenvalue weighted by Crippen LogP contribution is -2.51. The molecule has 0 spiro atoms. The van der Waals surface area contributed by atoms with E-state index in [1.165, 1.54) is 6.07 Å². The van der Waals surface area contributed by atoms with E-state index in [4.69, 9.17) is 0 Å². The van der Waals surface area contributed by atoms with Crippen molar-refractivity contribution in [3.05, 3.63) is 51.1 Å². The predicted octanol–water partition coefficient (Wildman–Crippen LogP) is 1.03. The van der Waals surface area contributed by atoms with Crippen LogP contribution in [0.1, 0.15) is 16.5 Å². The van der Waals surface area contributed by atoms with Gasteiger partial charge in [0, 0.05) is 25.4 Å². The fourth-order valence-electron chi connectivity index (χ4n) is 2.05. The standard InChI is InChI=1S/C12H11BrN4O2/c13-8-4-14-17(5-8)9-6-16(7-9)12(19)10-2-1-3-11(18)15-10/h1-5,9H,6-7H2,(H,15,18). The Labute approximate surface area is 117 Å². The van der Waals surface area contributed by atoms with E-state index >= 15 is 0 Å². The molecule has 1 N–H and O–H groups in total. The lowest BCUT2D eigenvalue weighted by atomic mass is 10.1. The van der Waals surface area contributed by atoms with Gasteiger partial charge < -0.3 is 9.88 Å². The Kier molecular flexibility index (Phi) is 2.98. The molecule has 7 heteroatoms. The van der Waals surface area contributed by atoms with Crippen LogP contribution in [0.2, 0.25) is 0 Å². The summed E-state index contributed by atoms with van der Waals surface area (Å²) in [4.78, 5) is 27.5. The Bertz CT molecular complexity index is 672. The number of H-pyrrole nitrogens is 1. The molecule has 2 aromatic rings. The minimum atomic E-state index is -0.265. The van der Waals surface area contributed by atoms with Crippen molar-refractivity contribution < 1.29 is 4.79 Å². The number of amides is 1. The van der Waals surface area contributed by atoms with Crippen LogP contribution < -0.4 is 5.56 Å². The molecule has 0 radical (unpaired) electrons. The number of carbonyl (C=O) groups excluding carboxylic acids is 1. The Morgan fingerprint density at radius 3 is 2.84 bits per heavy atom. The van der Waals surface area contributed by atoms with Crippen molar-refractivity contribution >= 4 is 21.8 Å². The maximum Gasteiger partial charge on any atom is 0.270 e. The zero-order chi connectivity index (χ0) is 13.4. The highest BCUT2D eigenvalue weighted by atomic mass is 79.9. The number of rotatable bonds is 2. The number of aromatic nitrogens is 3. The van der Waals surface area contributed by atoms with E-state index in [0.717, 1.165) is 4.47 Å². The summed E-state index contributed by atoms with van der Waals surface area (Å²) in [5.41, 5.74) is 0.0616. The number of aromatic amines is 1. The monoisotopic (exact) mass is 322 g/mol. The highest BCUT2D eigenvalue weighted by Gasteiger charge is 2.33. The van der Waals surface area contributed by atoms with Crippen LogP contribution in [0, 0.1) is 0 Å². The number of likely N-dealkylation sites (tertiary alicyclic amines) is 1. The minimum absolute atomic E-state index is 0.153. The van der Waals surface area contributed by atoms with Gasteiger partial charge >= 0.3 is 0 Å². The van der Waals surface area contributed by atoms with Crippen LogP contribution in [-0.2, 0) is 0 Å². The zero-order valence-electron chi connectivity index (χ0n) is 9.91. The molecule has 0 atom stereocenters.